The number of benzene rings is 3. The van der Waals surface area contributed by atoms with E-state index in [0.29, 0.717) is 16.8 Å². The zero-order valence-electron chi connectivity index (χ0n) is 20.6. The van der Waals surface area contributed by atoms with Crippen molar-refractivity contribution in [1.29, 1.82) is 0 Å². The lowest BCUT2D eigenvalue weighted by Gasteiger charge is -2.23. The summed E-state index contributed by atoms with van der Waals surface area (Å²) < 4.78 is 28.8. The third-order valence-electron chi connectivity index (χ3n) is 5.72. The van der Waals surface area contributed by atoms with Crippen molar-refractivity contribution in [3.05, 3.63) is 95.1 Å². The summed E-state index contributed by atoms with van der Waals surface area (Å²) in [6.45, 7) is 3.78. The first-order valence-electron chi connectivity index (χ1n) is 11.9. The van der Waals surface area contributed by atoms with Crippen LogP contribution in [0.25, 0.3) is 0 Å². The average molecular weight is 509 g/mol. The molecule has 0 bridgehead atoms. The summed E-state index contributed by atoms with van der Waals surface area (Å²) >= 11 is 0. The number of carbonyl (C=O) groups excluding carboxylic acids is 1. The lowest BCUT2D eigenvalue weighted by atomic mass is 10.1. The van der Waals surface area contributed by atoms with E-state index >= 15 is 0 Å². The van der Waals surface area contributed by atoms with Crippen LogP contribution in [0.4, 0.5) is 5.69 Å². The molecule has 0 aliphatic heterocycles. The molecular formula is C28H32N2O5S. The van der Waals surface area contributed by atoms with Gasteiger partial charge >= 0.3 is 5.97 Å². The fourth-order valence-corrected chi connectivity index (χ4v) is 5.32. The lowest BCUT2D eigenvalue weighted by molar-refractivity contribution is -0.136. The van der Waals surface area contributed by atoms with Crippen molar-refractivity contribution < 1.29 is 23.1 Å². The molecule has 0 unspecified atom stereocenters. The number of carbonyl (C=O) groups is 2. The summed E-state index contributed by atoms with van der Waals surface area (Å²) in [6, 6.07) is 21.0. The van der Waals surface area contributed by atoms with E-state index in [2.05, 4.69) is 12.2 Å². The number of hydrogen-bond donors (Lipinski definition) is 2. The van der Waals surface area contributed by atoms with E-state index in [0.717, 1.165) is 24.8 Å². The monoisotopic (exact) mass is 508 g/mol. The molecule has 0 heterocycles. The molecule has 3 aromatic carbocycles. The van der Waals surface area contributed by atoms with Gasteiger partial charge in [0, 0.05) is 25.7 Å². The van der Waals surface area contributed by atoms with E-state index in [1.54, 1.807) is 36.4 Å². The van der Waals surface area contributed by atoms with E-state index in [-0.39, 0.29) is 30.3 Å². The second kappa shape index (κ2) is 12.5. The molecule has 0 saturated carbocycles. The van der Waals surface area contributed by atoms with Crippen LogP contribution in [-0.4, -0.2) is 29.7 Å². The number of aliphatic carboxylic acids is 1. The minimum Gasteiger partial charge on any atom is -0.481 e. The lowest BCUT2D eigenvalue weighted by Crippen LogP contribution is -2.30. The highest BCUT2D eigenvalue weighted by atomic mass is 32.2. The Morgan fingerprint density at radius 1 is 0.861 bits per heavy atom. The maximum atomic E-state index is 13.7. The summed E-state index contributed by atoms with van der Waals surface area (Å²) in [4.78, 5) is 22.6. The van der Waals surface area contributed by atoms with Crippen molar-refractivity contribution in [1.82, 2.24) is 4.31 Å². The third-order valence-corrected chi connectivity index (χ3v) is 7.52. The van der Waals surface area contributed by atoms with Gasteiger partial charge in [-0.05, 0) is 59.4 Å². The van der Waals surface area contributed by atoms with Gasteiger partial charge in [0.1, 0.15) is 0 Å². The normalized spacial score (nSPS) is 11.4. The third kappa shape index (κ3) is 7.76. The highest BCUT2D eigenvalue weighted by molar-refractivity contribution is 7.89. The number of unbranched alkanes of at least 4 members (excludes halogenated alkanes) is 1. The van der Waals surface area contributed by atoms with Gasteiger partial charge in [0.05, 0.1) is 11.3 Å². The van der Waals surface area contributed by atoms with Crippen LogP contribution in [0.2, 0.25) is 0 Å². The SMILES string of the molecule is CCCCc1ccc(CN(Cc2cccc(CC(=O)O)c2)S(=O)(=O)c2ccc(NC(C)=O)cc2)cc1. The quantitative estimate of drug-likeness (QED) is 0.358. The second-order valence-corrected chi connectivity index (χ2v) is 10.7. The number of carboxylic acid groups (broad SMARTS) is 1. The first kappa shape index (κ1) is 27.1. The molecule has 36 heavy (non-hydrogen) atoms. The molecule has 0 aliphatic rings. The van der Waals surface area contributed by atoms with Crippen molar-refractivity contribution in [2.24, 2.45) is 0 Å². The molecule has 0 spiro atoms. The summed E-state index contributed by atoms with van der Waals surface area (Å²) in [5, 5.41) is 11.8. The number of nitrogens with zero attached hydrogens (tertiary/aromatic N) is 1. The molecule has 3 aromatic rings. The Kier molecular flexibility index (Phi) is 9.38. The number of carboxylic acids is 1. The van der Waals surface area contributed by atoms with Crippen LogP contribution in [0.5, 0.6) is 0 Å². The molecule has 0 radical (unpaired) electrons. The van der Waals surface area contributed by atoms with Crippen LogP contribution < -0.4 is 5.32 Å². The van der Waals surface area contributed by atoms with Gasteiger partial charge in [-0.1, -0.05) is 61.9 Å². The Morgan fingerprint density at radius 2 is 1.47 bits per heavy atom. The molecule has 190 valence electrons. The molecular weight excluding hydrogens is 476 g/mol. The van der Waals surface area contributed by atoms with Gasteiger partial charge in [-0.25, -0.2) is 8.42 Å². The zero-order valence-corrected chi connectivity index (χ0v) is 21.4. The van der Waals surface area contributed by atoms with E-state index < -0.39 is 16.0 Å². The molecule has 0 atom stereocenters. The Morgan fingerprint density at radius 3 is 2.08 bits per heavy atom. The molecule has 3 rings (SSSR count). The Labute approximate surface area is 212 Å². The van der Waals surface area contributed by atoms with Gasteiger partial charge in [0.2, 0.25) is 15.9 Å². The molecule has 0 aromatic heterocycles. The maximum absolute atomic E-state index is 13.7. The highest BCUT2D eigenvalue weighted by Crippen LogP contribution is 2.24. The van der Waals surface area contributed by atoms with Crippen LogP contribution >= 0.6 is 0 Å². The largest absolute Gasteiger partial charge is 0.481 e. The number of aryl methyl sites for hydroxylation is 1. The molecule has 2 N–H and O–H groups in total. The van der Waals surface area contributed by atoms with Gasteiger partial charge < -0.3 is 10.4 Å². The van der Waals surface area contributed by atoms with E-state index in [9.17, 15) is 18.0 Å². The van der Waals surface area contributed by atoms with Crippen molar-refractivity contribution in [2.75, 3.05) is 5.32 Å². The van der Waals surface area contributed by atoms with Crippen molar-refractivity contribution in [3.63, 3.8) is 0 Å². The minimum absolute atomic E-state index is 0.0842. The maximum Gasteiger partial charge on any atom is 0.307 e. The number of hydrogen-bond acceptors (Lipinski definition) is 4. The van der Waals surface area contributed by atoms with Gasteiger partial charge in [-0.3, -0.25) is 9.59 Å². The average Bonchev–Trinajstić information content (AvgIpc) is 2.83. The summed E-state index contributed by atoms with van der Waals surface area (Å²) in [5.41, 5.74) is 3.89. The standard InChI is InChI=1S/C28H32N2O5S/c1-3-4-6-22-9-11-23(12-10-22)19-30(20-25-8-5-7-24(17-25)18-28(32)33)36(34,35)27-15-13-26(14-16-27)29-21(2)31/h5,7-17H,3-4,6,18-20H2,1-2H3,(H,29,31)(H,32,33). The molecule has 0 fully saturated rings. The van der Waals surface area contributed by atoms with Crippen molar-refractivity contribution in [3.8, 4) is 0 Å². The van der Waals surface area contributed by atoms with Crippen LogP contribution in [0.3, 0.4) is 0 Å². The minimum atomic E-state index is -3.90. The fourth-order valence-electron chi connectivity index (χ4n) is 3.90. The van der Waals surface area contributed by atoms with Gasteiger partial charge in [-0.15, -0.1) is 0 Å². The molecule has 0 saturated heterocycles. The number of nitrogens with one attached hydrogen (secondary N) is 1. The second-order valence-electron chi connectivity index (χ2n) is 8.79. The van der Waals surface area contributed by atoms with Crippen molar-refractivity contribution >= 4 is 27.6 Å². The van der Waals surface area contributed by atoms with Crippen LogP contribution in [0.15, 0.2) is 77.7 Å². The first-order chi connectivity index (χ1) is 17.2. The Balaban J connectivity index is 1.91. The number of sulfonamides is 1. The number of amides is 1. The first-order valence-corrected chi connectivity index (χ1v) is 13.4. The van der Waals surface area contributed by atoms with Crippen LogP contribution in [0, 0.1) is 0 Å². The number of anilines is 1. The Bertz CT molecular complexity index is 1290. The van der Waals surface area contributed by atoms with Gasteiger partial charge in [0.15, 0.2) is 0 Å². The van der Waals surface area contributed by atoms with Crippen LogP contribution in [0.1, 0.15) is 48.9 Å². The van der Waals surface area contributed by atoms with Gasteiger partial charge in [0.25, 0.3) is 0 Å². The predicted octanol–water partition coefficient (Wildman–Crippen LogP) is 5.01. The summed E-state index contributed by atoms with van der Waals surface area (Å²) in [7, 11) is -3.90. The fraction of sp³-hybridized carbons (Fsp3) is 0.286. The Hall–Kier alpha value is -3.49. The topological polar surface area (TPSA) is 104 Å². The molecule has 8 heteroatoms. The zero-order chi connectivity index (χ0) is 26.1. The van der Waals surface area contributed by atoms with E-state index in [1.807, 2.05) is 24.3 Å². The van der Waals surface area contributed by atoms with E-state index in [4.69, 9.17) is 5.11 Å². The van der Waals surface area contributed by atoms with E-state index in [1.165, 1.54) is 28.9 Å². The van der Waals surface area contributed by atoms with Crippen LogP contribution in [-0.2, 0) is 45.5 Å². The number of rotatable bonds is 12. The summed E-state index contributed by atoms with van der Waals surface area (Å²) in [6.07, 6.45) is 3.05. The predicted molar refractivity (Wildman–Crippen MR) is 140 cm³/mol. The smallest absolute Gasteiger partial charge is 0.307 e. The highest BCUT2D eigenvalue weighted by Gasteiger charge is 2.25. The van der Waals surface area contributed by atoms with Crippen molar-refractivity contribution in [2.45, 2.75) is 57.5 Å². The van der Waals surface area contributed by atoms with Gasteiger partial charge in [-0.2, -0.15) is 4.31 Å². The molecule has 7 nitrogen and oxygen atoms in total. The molecule has 1 amide bonds. The molecule has 0 aliphatic carbocycles. The summed E-state index contributed by atoms with van der Waals surface area (Å²) in [5.74, 6) is -1.19.